The van der Waals surface area contributed by atoms with E-state index in [1.807, 2.05) is 6.92 Å². The molecule has 2 aliphatic rings. The van der Waals surface area contributed by atoms with Crippen LogP contribution < -0.4 is 5.32 Å². The minimum absolute atomic E-state index is 0.0281. The fourth-order valence-corrected chi connectivity index (χ4v) is 2.77. The van der Waals surface area contributed by atoms with Gasteiger partial charge in [0.05, 0.1) is 24.3 Å². The molecule has 5 heteroatoms. The van der Waals surface area contributed by atoms with Crippen LogP contribution in [0.1, 0.15) is 29.7 Å². The summed E-state index contributed by atoms with van der Waals surface area (Å²) in [6, 6.07) is 4.26. The van der Waals surface area contributed by atoms with Crippen molar-refractivity contribution in [1.82, 2.24) is 5.32 Å². The summed E-state index contributed by atoms with van der Waals surface area (Å²) in [6.07, 6.45) is -3.74. The first-order valence-corrected chi connectivity index (χ1v) is 6.03. The first-order chi connectivity index (χ1) is 8.45. The third-order valence-electron chi connectivity index (χ3n) is 3.62. The largest absolute Gasteiger partial charge is 0.416 e. The number of rotatable bonds is 0. The number of hydrogen-bond donors (Lipinski definition) is 1. The summed E-state index contributed by atoms with van der Waals surface area (Å²) in [5.74, 6) is 0. The summed E-state index contributed by atoms with van der Waals surface area (Å²) in [5, 5.41) is 3.39. The second-order valence-corrected chi connectivity index (χ2v) is 5.03. The summed E-state index contributed by atoms with van der Waals surface area (Å²) in [7, 11) is 0. The lowest BCUT2D eigenvalue weighted by Crippen LogP contribution is -2.45. The molecule has 3 rings (SSSR count). The highest BCUT2D eigenvalue weighted by molar-refractivity contribution is 5.41. The van der Waals surface area contributed by atoms with Gasteiger partial charge in [-0.05, 0) is 30.2 Å². The molecule has 2 nitrogen and oxygen atoms in total. The van der Waals surface area contributed by atoms with Crippen LogP contribution in [0.25, 0.3) is 0 Å². The predicted octanol–water partition coefficient (Wildman–Crippen LogP) is 2.68. The van der Waals surface area contributed by atoms with Gasteiger partial charge in [0.25, 0.3) is 0 Å². The van der Waals surface area contributed by atoms with Gasteiger partial charge in [-0.3, -0.25) is 0 Å². The van der Waals surface area contributed by atoms with Crippen molar-refractivity contribution >= 4 is 0 Å². The monoisotopic (exact) mass is 257 g/mol. The molecular weight excluding hydrogens is 243 g/mol. The van der Waals surface area contributed by atoms with Crippen molar-refractivity contribution in [2.24, 2.45) is 0 Å². The maximum Gasteiger partial charge on any atom is 0.416 e. The van der Waals surface area contributed by atoms with Crippen molar-refractivity contribution in [2.45, 2.75) is 37.7 Å². The van der Waals surface area contributed by atoms with Crippen LogP contribution in [-0.2, 0) is 17.3 Å². The van der Waals surface area contributed by atoms with E-state index in [2.05, 4.69) is 5.32 Å². The van der Waals surface area contributed by atoms with Crippen molar-refractivity contribution in [3.63, 3.8) is 0 Å². The molecule has 3 atom stereocenters. The third-order valence-corrected chi connectivity index (χ3v) is 3.62. The van der Waals surface area contributed by atoms with E-state index in [1.54, 1.807) is 6.07 Å². The molecule has 1 unspecified atom stereocenters. The van der Waals surface area contributed by atoms with E-state index in [-0.39, 0.29) is 18.2 Å². The summed E-state index contributed by atoms with van der Waals surface area (Å²) in [4.78, 5) is 0. The van der Waals surface area contributed by atoms with Crippen molar-refractivity contribution in [3.8, 4) is 0 Å². The van der Waals surface area contributed by atoms with Gasteiger partial charge in [-0.2, -0.15) is 13.2 Å². The van der Waals surface area contributed by atoms with Crippen LogP contribution in [0.15, 0.2) is 18.2 Å². The van der Waals surface area contributed by atoms with E-state index >= 15 is 0 Å². The molecule has 1 fully saturated rings. The van der Waals surface area contributed by atoms with Crippen molar-refractivity contribution in [3.05, 3.63) is 34.9 Å². The Morgan fingerprint density at radius 2 is 2.11 bits per heavy atom. The average molecular weight is 257 g/mol. The normalized spacial score (nSPS) is 31.0. The Morgan fingerprint density at radius 1 is 1.33 bits per heavy atom. The van der Waals surface area contributed by atoms with Crippen LogP contribution in [0.4, 0.5) is 13.2 Å². The first kappa shape index (κ1) is 12.0. The number of halogens is 3. The molecule has 98 valence electrons. The van der Waals surface area contributed by atoms with Gasteiger partial charge >= 0.3 is 6.18 Å². The highest BCUT2D eigenvalue weighted by Gasteiger charge is 2.39. The molecule has 1 heterocycles. The second kappa shape index (κ2) is 3.96. The molecule has 0 bridgehead atoms. The van der Waals surface area contributed by atoms with Crippen molar-refractivity contribution < 1.29 is 17.9 Å². The number of hydrogen-bond acceptors (Lipinski definition) is 2. The summed E-state index contributed by atoms with van der Waals surface area (Å²) in [5.41, 5.74) is 1.12. The smallest absolute Gasteiger partial charge is 0.374 e. The molecule has 1 aromatic rings. The van der Waals surface area contributed by atoms with Gasteiger partial charge in [-0.15, -0.1) is 0 Å². The van der Waals surface area contributed by atoms with Crippen LogP contribution in [0.2, 0.25) is 0 Å². The maximum absolute atomic E-state index is 12.6. The quantitative estimate of drug-likeness (QED) is 0.771. The van der Waals surface area contributed by atoms with Crippen LogP contribution in [0.5, 0.6) is 0 Å². The molecule has 1 N–H and O–H groups in total. The summed E-state index contributed by atoms with van der Waals surface area (Å²) in [6.45, 7) is 2.62. The zero-order chi connectivity index (χ0) is 12.9. The number of alkyl halides is 3. The summed E-state index contributed by atoms with van der Waals surface area (Å²) < 4.78 is 43.6. The van der Waals surface area contributed by atoms with E-state index in [0.717, 1.165) is 17.2 Å². The lowest BCUT2D eigenvalue weighted by molar-refractivity contribution is -0.137. The van der Waals surface area contributed by atoms with E-state index in [0.29, 0.717) is 13.0 Å². The zero-order valence-corrected chi connectivity index (χ0v) is 9.92. The highest BCUT2D eigenvalue weighted by Crippen LogP contribution is 2.39. The molecule has 1 aromatic carbocycles. The highest BCUT2D eigenvalue weighted by atomic mass is 19.4. The molecule has 1 saturated heterocycles. The SMILES string of the molecule is CC1CO[C@@H]2Cc3cc(C(F)(F)F)ccc3[C@@H]2N1. The van der Waals surface area contributed by atoms with E-state index < -0.39 is 11.7 Å². The minimum Gasteiger partial charge on any atom is -0.374 e. The van der Waals surface area contributed by atoms with Gasteiger partial charge in [0.1, 0.15) is 0 Å². The number of morpholine rings is 1. The maximum atomic E-state index is 12.6. The van der Waals surface area contributed by atoms with Crippen LogP contribution in [-0.4, -0.2) is 18.8 Å². The van der Waals surface area contributed by atoms with Gasteiger partial charge < -0.3 is 10.1 Å². The van der Waals surface area contributed by atoms with Gasteiger partial charge in [0.15, 0.2) is 0 Å². The fraction of sp³-hybridized carbons (Fsp3) is 0.538. The van der Waals surface area contributed by atoms with Gasteiger partial charge in [-0.1, -0.05) is 6.07 Å². The Labute approximate surface area is 103 Å². The number of nitrogens with one attached hydrogen (secondary N) is 1. The molecule has 18 heavy (non-hydrogen) atoms. The van der Waals surface area contributed by atoms with Crippen LogP contribution in [0.3, 0.4) is 0 Å². The predicted molar refractivity (Wildman–Crippen MR) is 60.2 cm³/mol. The molecule has 0 radical (unpaired) electrons. The molecule has 1 aliphatic carbocycles. The van der Waals surface area contributed by atoms with Crippen LogP contribution >= 0.6 is 0 Å². The van der Waals surface area contributed by atoms with Gasteiger partial charge in [-0.25, -0.2) is 0 Å². The van der Waals surface area contributed by atoms with Crippen molar-refractivity contribution in [1.29, 1.82) is 0 Å². The minimum atomic E-state index is -4.27. The third kappa shape index (κ3) is 1.91. The number of ether oxygens (including phenoxy) is 1. The number of benzene rings is 1. The number of fused-ring (bicyclic) bond motifs is 3. The topological polar surface area (TPSA) is 21.3 Å². The molecule has 1 aliphatic heterocycles. The molecule has 0 saturated carbocycles. The molecule has 0 spiro atoms. The van der Waals surface area contributed by atoms with Gasteiger partial charge in [0.2, 0.25) is 0 Å². The molecular formula is C13H14F3NO. The fourth-order valence-electron chi connectivity index (χ4n) is 2.77. The standard InChI is InChI=1S/C13H14F3NO/c1-7-6-18-11-5-8-4-9(13(14,15)16)2-3-10(8)12(11)17-7/h2-4,7,11-12,17H,5-6H2,1H3/t7?,11-,12+/m1/s1. The Hall–Kier alpha value is -1.07. The van der Waals surface area contributed by atoms with E-state index in [9.17, 15) is 13.2 Å². The van der Waals surface area contributed by atoms with E-state index in [1.165, 1.54) is 6.07 Å². The lowest BCUT2D eigenvalue weighted by atomic mass is 10.0. The Balaban J connectivity index is 1.94. The average Bonchev–Trinajstić information content (AvgIpc) is 2.65. The molecule has 0 amide bonds. The first-order valence-electron chi connectivity index (χ1n) is 6.03. The second-order valence-electron chi connectivity index (χ2n) is 5.03. The molecule has 0 aromatic heterocycles. The van der Waals surface area contributed by atoms with Gasteiger partial charge in [0, 0.05) is 12.5 Å². The Morgan fingerprint density at radius 3 is 2.83 bits per heavy atom. The van der Waals surface area contributed by atoms with Crippen LogP contribution in [0, 0.1) is 0 Å². The Kier molecular flexibility index (Phi) is 2.64. The van der Waals surface area contributed by atoms with Crippen molar-refractivity contribution in [2.75, 3.05) is 6.61 Å². The summed E-state index contributed by atoms with van der Waals surface area (Å²) >= 11 is 0. The Bertz CT molecular complexity index is 472. The zero-order valence-electron chi connectivity index (χ0n) is 9.92. The van der Waals surface area contributed by atoms with E-state index in [4.69, 9.17) is 4.74 Å². The lowest BCUT2D eigenvalue weighted by Gasteiger charge is -2.32.